The third kappa shape index (κ3) is 7.29. The first-order valence-corrected chi connectivity index (χ1v) is 13.1. The predicted molar refractivity (Wildman–Crippen MR) is 125 cm³/mol. The third-order valence-electron chi connectivity index (χ3n) is 5.30. The number of carbonyl (C=O) groups is 3. The van der Waals surface area contributed by atoms with E-state index in [1.807, 2.05) is 13.0 Å². The summed E-state index contributed by atoms with van der Waals surface area (Å²) >= 11 is 1.41. The molecule has 2 aromatic rings. The first-order chi connectivity index (χ1) is 15.8. The van der Waals surface area contributed by atoms with Crippen molar-refractivity contribution in [1.29, 1.82) is 0 Å². The van der Waals surface area contributed by atoms with Gasteiger partial charge in [0.2, 0.25) is 15.9 Å². The number of hydrogen-bond donors (Lipinski definition) is 1. The van der Waals surface area contributed by atoms with Crippen LogP contribution in [0.25, 0.3) is 0 Å². The molecular weight excluding hydrogens is 464 g/mol. The molecular formula is C23H28N2O6S2. The van der Waals surface area contributed by atoms with Gasteiger partial charge in [0.05, 0.1) is 23.0 Å². The van der Waals surface area contributed by atoms with E-state index in [-0.39, 0.29) is 54.6 Å². The molecule has 1 aromatic carbocycles. The lowest BCUT2D eigenvalue weighted by Crippen LogP contribution is -2.40. The van der Waals surface area contributed by atoms with Crippen LogP contribution in [-0.4, -0.2) is 56.5 Å². The Morgan fingerprint density at radius 1 is 0.970 bits per heavy atom. The number of carbonyl (C=O) groups excluding carboxylic acids is 3. The second-order valence-corrected chi connectivity index (χ2v) is 11.0. The van der Waals surface area contributed by atoms with Crippen LogP contribution in [0.1, 0.15) is 45.8 Å². The number of Topliss-reactive ketones (excluding diaryl/α,β-unsaturated/α-hetero) is 2. The van der Waals surface area contributed by atoms with Gasteiger partial charge in [0.25, 0.3) is 0 Å². The highest BCUT2D eigenvalue weighted by atomic mass is 32.2. The molecule has 178 valence electrons. The zero-order valence-electron chi connectivity index (χ0n) is 18.5. The molecule has 2 heterocycles. The summed E-state index contributed by atoms with van der Waals surface area (Å²) in [7, 11) is -3.55. The maximum absolute atomic E-state index is 12.6. The van der Waals surface area contributed by atoms with Crippen LogP contribution in [0, 0.1) is 6.92 Å². The van der Waals surface area contributed by atoms with Crippen LogP contribution in [0.2, 0.25) is 0 Å². The fourth-order valence-corrected chi connectivity index (χ4v) is 5.59. The fourth-order valence-electron chi connectivity index (χ4n) is 3.34. The Kier molecular flexibility index (Phi) is 8.90. The van der Waals surface area contributed by atoms with E-state index >= 15 is 0 Å². The Hall–Kier alpha value is -2.40. The summed E-state index contributed by atoms with van der Waals surface area (Å²) in [6.07, 6.45) is 0.413. The summed E-state index contributed by atoms with van der Waals surface area (Å²) in [6.45, 7) is 3.60. The molecule has 0 atom stereocenters. The van der Waals surface area contributed by atoms with Crippen molar-refractivity contribution in [3.63, 3.8) is 0 Å². The minimum absolute atomic E-state index is 0.0502. The van der Waals surface area contributed by atoms with Gasteiger partial charge in [-0.15, -0.1) is 11.3 Å². The molecule has 1 aliphatic rings. The van der Waals surface area contributed by atoms with E-state index in [2.05, 4.69) is 5.32 Å². The number of nitrogens with zero attached hydrogens (tertiary/aromatic N) is 1. The van der Waals surface area contributed by atoms with Crippen molar-refractivity contribution < 1.29 is 27.5 Å². The van der Waals surface area contributed by atoms with Gasteiger partial charge >= 0.3 is 0 Å². The van der Waals surface area contributed by atoms with Crippen LogP contribution in [-0.2, 0) is 30.9 Å². The minimum Gasteiger partial charge on any atom is -0.379 e. The number of sulfonamides is 1. The molecule has 0 aliphatic carbocycles. The SMILES string of the molecule is Cc1ccc(C(=O)CCC(=O)CCC(=O)NCc2ccc(S(=O)(=O)N3CCOCC3)cc2)s1. The lowest BCUT2D eigenvalue weighted by molar-refractivity contribution is -0.125. The van der Waals surface area contributed by atoms with E-state index in [0.717, 1.165) is 10.4 Å². The van der Waals surface area contributed by atoms with Crippen LogP contribution >= 0.6 is 11.3 Å². The molecule has 8 nitrogen and oxygen atoms in total. The van der Waals surface area contributed by atoms with Crippen molar-refractivity contribution in [3.05, 3.63) is 51.7 Å². The first kappa shape index (κ1) is 25.2. The van der Waals surface area contributed by atoms with Gasteiger partial charge in [0.1, 0.15) is 5.78 Å². The second-order valence-electron chi connectivity index (χ2n) is 7.81. The van der Waals surface area contributed by atoms with Crippen LogP contribution in [0.4, 0.5) is 0 Å². The van der Waals surface area contributed by atoms with Crippen molar-refractivity contribution in [2.75, 3.05) is 26.3 Å². The lowest BCUT2D eigenvalue weighted by Gasteiger charge is -2.26. The van der Waals surface area contributed by atoms with E-state index in [9.17, 15) is 22.8 Å². The zero-order chi connectivity index (χ0) is 23.8. The van der Waals surface area contributed by atoms with Crippen LogP contribution in [0.15, 0.2) is 41.3 Å². The number of nitrogens with one attached hydrogen (secondary N) is 1. The maximum atomic E-state index is 12.6. The molecule has 0 radical (unpaired) electrons. The highest BCUT2D eigenvalue weighted by Gasteiger charge is 2.26. The van der Waals surface area contributed by atoms with E-state index in [1.165, 1.54) is 27.8 Å². The predicted octanol–water partition coefficient (Wildman–Crippen LogP) is 2.71. The summed E-state index contributed by atoms with van der Waals surface area (Å²) in [4.78, 5) is 38.1. The second kappa shape index (κ2) is 11.6. The van der Waals surface area contributed by atoms with Gasteiger partial charge < -0.3 is 10.1 Å². The number of hydrogen-bond acceptors (Lipinski definition) is 7. The quantitative estimate of drug-likeness (QED) is 0.483. The molecule has 1 N–H and O–H groups in total. The summed E-state index contributed by atoms with van der Waals surface area (Å²) in [5.74, 6) is -0.442. The van der Waals surface area contributed by atoms with Gasteiger partial charge in [0, 0.05) is 50.2 Å². The molecule has 3 rings (SSSR count). The summed E-state index contributed by atoms with van der Waals surface area (Å²) < 4.78 is 31.9. The Morgan fingerprint density at radius 3 is 2.27 bits per heavy atom. The van der Waals surface area contributed by atoms with E-state index in [1.54, 1.807) is 18.2 Å². The average Bonchev–Trinajstić information content (AvgIpc) is 3.27. The van der Waals surface area contributed by atoms with Gasteiger partial charge in [-0.2, -0.15) is 4.31 Å². The smallest absolute Gasteiger partial charge is 0.243 e. The van der Waals surface area contributed by atoms with Crippen LogP contribution < -0.4 is 5.32 Å². The molecule has 1 saturated heterocycles. The monoisotopic (exact) mass is 492 g/mol. The van der Waals surface area contributed by atoms with E-state index in [0.29, 0.717) is 31.2 Å². The van der Waals surface area contributed by atoms with Crippen molar-refractivity contribution in [2.24, 2.45) is 0 Å². The summed E-state index contributed by atoms with van der Waals surface area (Å²) in [5, 5.41) is 2.74. The van der Waals surface area contributed by atoms with Crippen molar-refractivity contribution in [2.45, 2.75) is 44.0 Å². The highest BCUT2D eigenvalue weighted by molar-refractivity contribution is 7.89. The number of rotatable bonds is 11. The molecule has 33 heavy (non-hydrogen) atoms. The first-order valence-electron chi connectivity index (χ1n) is 10.8. The molecule has 1 amide bonds. The van der Waals surface area contributed by atoms with Gasteiger partial charge in [-0.1, -0.05) is 12.1 Å². The third-order valence-corrected chi connectivity index (χ3v) is 8.25. The standard InChI is InChI=1S/C23H28N2O6S2/c1-17-2-10-22(32-17)21(27)9-5-19(26)6-11-23(28)24-16-18-3-7-20(8-4-18)33(29,30)25-12-14-31-15-13-25/h2-4,7-8,10H,5-6,9,11-16H2,1H3,(H,24,28). The molecule has 1 aromatic heterocycles. The number of ketones is 2. The Bertz CT molecular complexity index is 1090. The van der Waals surface area contributed by atoms with Crippen molar-refractivity contribution in [3.8, 4) is 0 Å². The maximum Gasteiger partial charge on any atom is 0.243 e. The van der Waals surface area contributed by atoms with E-state index in [4.69, 9.17) is 4.74 Å². The van der Waals surface area contributed by atoms with E-state index < -0.39 is 10.0 Å². The zero-order valence-corrected chi connectivity index (χ0v) is 20.2. The molecule has 0 unspecified atom stereocenters. The van der Waals surface area contributed by atoms with Gasteiger partial charge in [-0.25, -0.2) is 8.42 Å². The number of benzene rings is 1. The number of ether oxygens (including phenoxy) is 1. The summed E-state index contributed by atoms with van der Waals surface area (Å²) in [5.41, 5.74) is 0.757. The molecule has 0 bridgehead atoms. The van der Waals surface area contributed by atoms with Gasteiger partial charge in [-0.3, -0.25) is 14.4 Å². The molecule has 0 spiro atoms. The largest absolute Gasteiger partial charge is 0.379 e. The van der Waals surface area contributed by atoms with Crippen molar-refractivity contribution >= 4 is 38.8 Å². The Labute approximate surface area is 198 Å². The number of amides is 1. The van der Waals surface area contributed by atoms with Gasteiger partial charge in [0.15, 0.2) is 5.78 Å². The average molecular weight is 493 g/mol. The Morgan fingerprint density at radius 2 is 1.64 bits per heavy atom. The van der Waals surface area contributed by atoms with Crippen LogP contribution in [0.3, 0.4) is 0 Å². The highest BCUT2D eigenvalue weighted by Crippen LogP contribution is 2.19. The molecule has 1 fully saturated rings. The number of morpholine rings is 1. The Balaban J connectivity index is 1.38. The van der Waals surface area contributed by atoms with Crippen LogP contribution in [0.5, 0.6) is 0 Å². The summed E-state index contributed by atoms with van der Waals surface area (Å²) in [6, 6.07) is 10.0. The van der Waals surface area contributed by atoms with Gasteiger partial charge in [-0.05, 0) is 36.8 Å². The normalized spacial score (nSPS) is 14.7. The molecule has 10 heteroatoms. The topological polar surface area (TPSA) is 110 Å². The number of thiophene rings is 1. The minimum atomic E-state index is -3.55. The number of aryl methyl sites for hydroxylation is 1. The van der Waals surface area contributed by atoms with Crippen molar-refractivity contribution in [1.82, 2.24) is 9.62 Å². The lowest BCUT2D eigenvalue weighted by atomic mass is 10.1. The fraction of sp³-hybridized carbons (Fsp3) is 0.435. The molecule has 1 aliphatic heterocycles. The molecule has 0 saturated carbocycles.